The highest BCUT2D eigenvalue weighted by molar-refractivity contribution is 7.13. The first-order valence-corrected chi connectivity index (χ1v) is 3.98. The van der Waals surface area contributed by atoms with Crippen LogP contribution in [-0.2, 0) is 9.63 Å². The number of rotatable bonds is 2. The Hall–Kier alpha value is -1.43. The SMILES string of the molecule is CC(=O)ON=Cc1csc(N)n1. The number of nitrogens with two attached hydrogens (primary N) is 1. The number of nitrogens with zero attached hydrogens (tertiary/aromatic N) is 2. The second kappa shape index (κ2) is 3.82. The van der Waals surface area contributed by atoms with Gasteiger partial charge in [0, 0.05) is 12.3 Å². The molecule has 64 valence electrons. The van der Waals surface area contributed by atoms with Gasteiger partial charge in [-0.25, -0.2) is 9.78 Å². The first kappa shape index (κ1) is 8.66. The molecule has 0 radical (unpaired) electrons. The monoisotopic (exact) mass is 185 g/mol. The molecule has 0 aliphatic rings. The van der Waals surface area contributed by atoms with Crippen LogP contribution < -0.4 is 5.73 Å². The van der Waals surface area contributed by atoms with Gasteiger partial charge in [-0.3, -0.25) is 0 Å². The number of nitrogen functional groups attached to an aromatic ring is 1. The van der Waals surface area contributed by atoms with Crippen LogP contribution >= 0.6 is 11.3 Å². The highest BCUT2D eigenvalue weighted by atomic mass is 32.1. The lowest BCUT2D eigenvalue weighted by atomic mass is 10.6. The number of hydrogen-bond donors (Lipinski definition) is 1. The topological polar surface area (TPSA) is 77.6 Å². The lowest BCUT2D eigenvalue weighted by molar-refractivity contribution is -0.140. The third kappa shape index (κ3) is 2.67. The van der Waals surface area contributed by atoms with Crippen molar-refractivity contribution in [1.29, 1.82) is 0 Å². The number of carbonyl (C=O) groups excluding carboxylic acids is 1. The normalized spacial score (nSPS) is 10.4. The molecule has 0 spiro atoms. The zero-order valence-corrected chi connectivity index (χ0v) is 7.17. The van der Waals surface area contributed by atoms with Gasteiger partial charge in [-0.15, -0.1) is 11.3 Å². The van der Waals surface area contributed by atoms with Gasteiger partial charge in [-0.05, 0) is 0 Å². The standard InChI is InChI=1S/C6H7N3O2S/c1-4(10)11-8-2-5-3-12-6(7)9-5/h2-3H,1H3,(H2,7,9). The molecule has 1 aromatic rings. The van der Waals surface area contributed by atoms with Gasteiger partial charge in [0.1, 0.15) is 0 Å². The van der Waals surface area contributed by atoms with Crippen LogP contribution in [0.3, 0.4) is 0 Å². The van der Waals surface area contributed by atoms with E-state index >= 15 is 0 Å². The van der Waals surface area contributed by atoms with E-state index in [0.717, 1.165) is 0 Å². The Morgan fingerprint density at radius 2 is 2.67 bits per heavy atom. The van der Waals surface area contributed by atoms with Crippen molar-refractivity contribution in [2.45, 2.75) is 6.92 Å². The molecular weight excluding hydrogens is 178 g/mol. The molecule has 2 N–H and O–H groups in total. The maximum Gasteiger partial charge on any atom is 0.331 e. The van der Waals surface area contributed by atoms with Crippen LogP contribution in [0.1, 0.15) is 12.6 Å². The van der Waals surface area contributed by atoms with Crippen LogP contribution in [0, 0.1) is 0 Å². The number of aromatic nitrogens is 1. The predicted octanol–water partition coefficient (Wildman–Crippen LogP) is 0.622. The largest absolute Gasteiger partial charge is 0.375 e. The van der Waals surface area contributed by atoms with Crippen LogP contribution in [0.4, 0.5) is 5.13 Å². The molecule has 6 heteroatoms. The molecule has 0 aliphatic heterocycles. The van der Waals surface area contributed by atoms with Gasteiger partial charge in [0.05, 0.1) is 11.9 Å². The zero-order chi connectivity index (χ0) is 8.97. The van der Waals surface area contributed by atoms with Crippen LogP contribution in [0.5, 0.6) is 0 Å². The molecule has 1 heterocycles. The van der Waals surface area contributed by atoms with E-state index in [1.807, 2.05) is 0 Å². The molecule has 0 saturated heterocycles. The molecule has 0 aliphatic carbocycles. The minimum absolute atomic E-state index is 0.458. The summed E-state index contributed by atoms with van der Waals surface area (Å²) < 4.78 is 0. The molecule has 0 bridgehead atoms. The third-order valence-electron chi connectivity index (χ3n) is 0.906. The maximum atomic E-state index is 10.3. The van der Waals surface area contributed by atoms with Crippen molar-refractivity contribution in [3.63, 3.8) is 0 Å². The summed E-state index contributed by atoms with van der Waals surface area (Å²) in [6.45, 7) is 1.27. The Bertz CT molecular complexity index is 307. The molecule has 0 atom stereocenters. The first-order valence-electron chi connectivity index (χ1n) is 3.10. The quantitative estimate of drug-likeness (QED) is 0.416. The van der Waals surface area contributed by atoms with Gasteiger partial charge in [0.25, 0.3) is 0 Å². The van der Waals surface area contributed by atoms with Crippen LogP contribution in [-0.4, -0.2) is 17.2 Å². The number of oxime groups is 1. The van der Waals surface area contributed by atoms with Crippen molar-refractivity contribution in [2.24, 2.45) is 5.16 Å². The summed E-state index contributed by atoms with van der Waals surface area (Å²) in [5.41, 5.74) is 5.93. The number of thiazole rings is 1. The summed E-state index contributed by atoms with van der Waals surface area (Å²) in [4.78, 5) is 18.4. The average molecular weight is 185 g/mol. The summed E-state index contributed by atoms with van der Waals surface area (Å²) >= 11 is 1.30. The average Bonchev–Trinajstić information content (AvgIpc) is 2.35. The van der Waals surface area contributed by atoms with Crippen LogP contribution in [0.15, 0.2) is 10.5 Å². The van der Waals surface area contributed by atoms with E-state index in [-0.39, 0.29) is 0 Å². The molecule has 5 nitrogen and oxygen atoms in total. The molecule has 0 saturated carbocycles. The van der Waals surface area contributed by atoms with E-state index in [4.69, 9.17) is 5.73 Å². The molecule has 0 unspecified atom stereocenters. The minimum Gasteiger partial charge on any atom is -0.375 e. The predicted molar refractivity (Wildman–Crippen MR) is 45.9 cm³/mol. The van der Waals surface area contributed by atoms with E-state index < -0.39 is 5.97 Å². The zero-order valence-electron chi connectivity index (χ0n) is 6.35. The van der Waals surface area contributed by atoms with E-state index in [1.54, 1.807) is 5.38 Å². The fraction of sp³-hybridized carbons (Fsp3) is 0.167. The Kier molecular flexibility index (Phi) is 2.76. The molecular formula is C6H7N3O2S. The lowest BCUT2D eigenvalue weighted by Gasteiger charge is -1.85. The van der Waals surface area contributed by atoms with Crippen LogP contribution in [0.25, 0.3) is 0 Å². The first-order chi connectivity index (χ1) is 5.68. The molecule has 0 amide bonds. The molecule has 0 fully saturated rings. The van der Waals surface area contributed by atoms with E-state index in [9.17, 15) is 4.79 Å². The van der Waals surface area contributed by atoms with Crippen molar-refractivity contribution in [2.75, 3.05) is 5.73 Å². The summed E-state index contributed by atoms with van der Waals surface area (Å²) in [7, 11) is 0. The molecule has 12 heavy (non-hydrogen) atoms. The number of anilines is 1. The molecule has 1 aromatic heterocycles. The van der Waals surface area contributed by atoms with Gasteiger partial charge in [-0.1, -0.05) is 5.16 Å². The van der Waals surface area contributed by atoms with Crippen molar-refractivity contribution < 1.29 is 9.63 Å². The van der Waals surface area contributed by atoms with Crippen molar-refractivity contribution in [3.05, 3.63) is 11.1 Å². The molecule has 0 aromatic carbocycles. The van der Waals surface area contributed by atoms with Crippen molar-refractivity contribution >= 4 is 28.7 Å². The van der Waals surface area contributed by atoms with Gasteiger partial charge < -0.3 is 10.6 Å². The van der Waals surface area contributed by atoms with Gasteiger partial charge in [0.2, 0.25) is 0 Å². The van der Waals surface area contributed by atoms with Gasteiger partial charge in [0.15, 0.2) is 5.13 Å². The van der Waals surface area contributed by atoms with Crippen LogP contribution in [0.2, 0.25) is 0 Å². The Morgan fingerprint density at radius 3 is 3.17 bits per heavy atom. The smallest absolute Gasteiger partial charge is 0.331 e. The van der Waals surface area contributed by atoms with Gasteiger partial charge >= 0.3 is 5.97 Å². The molecule has 1 rings (SSSR count). The Labute approximate surface area is 72.9 Å². The second-order valence-corrected chi connectivity index (χ2v) is 2.82. The summed E-state index contributed by atoms with van der Waals surface area (Å²) in [5.74, 6) is -0.463. The fourth-order valence-electron chi connectivity index (χ4n) is 0.515. The third-order valence-corrected chi connectivity index (χ3v) is 1.60. The van der Waals surface area contributed by atoms with E-state index in [1.165, 1.54) is 24.5 Å². The van der Waals surface area contributed by atoms with Gasteiger partial charge in [-0.2, -0.15) is 0 Å². The van der Waals surface area contributed by atoms with Crippen molar-refractivity contribution in [1.82, 2.24) is 4.98 Å². The minimum atomic E-state index is -0.463. The highest BCUT2D eigenvalue weighted by Crippen LogP contribution is 2.08. The van der Waals surface area contributed by atoms with E-state index in [0.29, 0.717) is 10.8 Å². The lowest BCUT2D eigenvalue weighted by Crippen LogP contribution is -1.92. The summed E-state index contributed by atoms with van der Waals surface area (Å²) in [5, 5.41) is 5.54. The summed E-state index contributed by atoms with van der Waals surface area (Å²) in [6.07, 6.45) is 1.33. The van der Waals surface area contributed by atoms with E-state index in [2.05, 4.69) is 15.0 Å². The number of carbonyl (C=O) groups is 1. The fourth-order valence-corrected chi connectivity index (χ4v) is 1.03. The number of hydrogen-bond acceptors (Lipinski definition) is 6. The Morgan fingerprint density at radius 1 is 1.92 bits per heavy atom. The Balaban J connectivity index is 2.52. The maximum absolute atomic E-state index is 10.3. The second-order valence-electron chi connectivity index (χ2n) is 1.93. The highest BCUT2D eigenvalue weighted by Gasteiger charge is 1.94. The summed E-state index contributed by atoms with van der Waals surface area (Å²) in [6, 6.07) is 0. The van der Waals surface area contributed by atoms with Crippen molar-refractivity contribution in [3.8, 4) is 0 Å².